The average Bonchev–Trinajstić information content (AvgIpc) is 2.92. The number of carbonyl (C=O) groups is 1. The summed E-state index contributed by atoms with van der Waals surface area (Å²) < 4.78 is 45.3. The first-order valence-corrected chi connectivity index (χ1v) is 11.8. The van der Waals surface area contributed by atoms with Crippen LogP contribution in [0, 0.1) is 6.92 Å². The van der Waals surface area contributed by atoms with E-state index in [1.54, 1.807) is 36.7 Å². The SMILES string of the molecule is COc1c(-c2cc(C(=O)Nc3cccc(C(F)(F)F)c3)ccc2C)cc2cnc(N)nc2c1-c1ccccn1. The number of halogens is 3. The third kappa shape index (κ3) is 5.08. The fraction of sp³-hybridized carbons (Fsp3) is 0.103. The van der Waals surface area contributed by atoms with Gasteiger partial charge in [-0.2, -0.15) is 13.2 Å². The lowest BCUT2D eigenvalue weighted by molar-refractivity contribution is -0.137. The predicted octanol–water partition coefficient (Wildman–Crippen LogP) is 6.53. The van der Waals surface area contributed by atoms with Gasteiger partial charge in [0.15, 0.2) is 0 Å². The number of amides is 1. The highest BCUT2D eigenvalue weighted by atomic mass is 19.4. The van der Waals surface area contributed by atoms with E-state index in [1.807, 2.05) is 25.1 Å². The molecule has 39 heavy (non-hydrogen) atoms. The van der Waals surface area contributed by atoms with Gasteiger partial charge in [0.2, 0.25) is 5.95 Å². The molecule has 5 rings (SSSR count). The molecule has 0 bridgehead atoms. The molecule has 0 radical (unpaired) electrons. The van der Waals surface area contributed by atoms with Gasteiger partial charge in [-0.15, -0.1) is 0 Å². The highest BCUT2D eigenvalue weighted by Gasteiger charge is 2.30. The number of rotatable bonds is 5. The Morgan fingerprint density at radius 1 is 0.974 bits per heavy atom. The number of nitrogen functional groups attached to an aromatic ring is 1. The molecular weight excluding hydrogens is 507 g/mol. The first-order valence-electron chi connectivity index (χ1n) is 11.8. The van der Waals surface area contributed by atoms with E-state index in [4.69, 9.17) is 10.5 Å². The first kappa shape index (κ1) is 25.7. The second-order valence-corrected chi connectivity index (χ2v) is 8.78. The number of aromatic nitrogens is 3. The predicted molar refractivity (Wildman–Crippen MR) is 143 cm³/mol. The van der Waals surface area contributed by atoms with E-state index in [0.29, 0.717) is 39.0 Å². The molecule has 0 saturated heterocycles. The van der Waals surface area contributed by atoms with Crippen LogP contribution in [-0.4, -0.2) is 28.0 Å². The molecule has 5 aromatic rings. The Bertz CT molecular complexity index is 1710. The molecule has 0 spiro atoms. The molecule has 196 valence electrons. The van der Waals surface area contributed by atoms with Crippen LogP contribution in [0.25, 0.3) is 33.3 Å². The van der Waals surface area contributed by atoms with Crippen LogP contribution in [0.15, 0.2) is 79.1 Å². The molecule has 2 aromatic heterocycles. The number of anilines is 2. The Hall–Kier alpha value is -4.99. The standard InChI is InChI=1S/C29H22F3N5O2/c1-16-9-10-17(27(38)36-20-7-5-6-19(14-20)29(30,31)32)12-21(16)22-13-18-15-35-28(33)37-25(18)24(26(22)39-2)23-8-3-4-11-34-23/h3-15H,1-2H3,(H,36,38)(H2,33,35,37). The van der Waals surface area contributed by atoms with Gasteiger partial charge in [0.25, 0.3) is 5.91 Å². The van der Waals surface area contributed by atoms with Crippen molar-refractivity contribution in [1.29, 1.82) is 0 Å². The second-order valence-electron chi connectivity index (χ2n) is 8.78. The number of hydrogen-bond acceptors (Lipinski definition) is 6. The summed E-state index contributed by atoms with van der Waals surface area (Å²) in [7, 11) is 1.53. The summed E-state index contributed by atoms with van der Waals surface area (Å²) in [6, 6.07) is 16.8. The summed E-state index contributed by atoms with van der Waals surface area (Å²) in [6.45, 7) is 1.88. The Morgan fingerprint density at radius 3 is 2.51 bits per heavy atom. The van der Waals surface area contributed by atoms with E-state index in [-0.39, 0.29) is 17.2 Å². The quantitative estimate of drug-likeness (QED) is 0.268. The van der Waals surface area contributed by atoms with Gasteiger partial charge in [0.05, 0.1) is 29.4 Å². The van der Waals surface area contributed by atoms with E-state index in [0.717, 1.165) is 17.7 Å². The second kappa shape index (κ2) is 10.1. The zero-order chi connectivity index (χ0) is 27.7. The first-order chi connectivity index (χ1) is 18.7. The number of ether oxygens (including phenoxy) is 1. The van der Waals surface area contributed by atoms with E-state index >= 15 is 0 Å². The van der Waals surface area contributed by atoms with Crippen molar-refractivity contribution in [2.75, 3.05) is 18.2 Å². The molecule has 0 aliphatic carbocycles. The number of nitrogens with two attached hydrogens (primary N) is 1. The molecule has 10 heteroatoms. The maximum absolute atomic E-state index is 13.1. The van der Waals surface area contributed by atoms with Gasteiger partial charge in [-0.05, 0) is 66.6 Å². The van der Waals surface area contributed by atoms with E-state index in [9.17, 15) is 18.0 Å². The smallest absolute Gasteiger partial charge is 0.416 e. The van der Waals surface area contributed by atoms with E-state index < -0.39 is 17.6 Å². The summed E-state index contributed by atoms with van der Waals surface area (Å²) in [4.78, 5) is 26.2. The molecule has 0 fully saturated rings. The van der Waals surface area contributed by atoms with Gasteiger partial charge in [-0.3, -0.25) is 9.78 Å². The molecule has 0 aliphatic rings. The maximum atomic E-state index is 13.1. The van der Waals surface area contributed by atoms with Crippen molar-refractivity contribution in [1.82, 2.24) is 15.0 Å². The number of benzene rings is 3. The van der Waals surface area contributed by atoms with Gasteiger partial charge in [-0.1, -0.05) is 18.2 Å². The molecule has 3 aromatic carbocycles. The normalized spacial score (nSPS) is 11.4. The van der Waals surface area contributed by atoms with Gasteiger partial charge in [-0.25, -0.2) is 9.97 Å². The van der Waals surface area contributed by atoms with Crippen molar-refractivity contribution in [3.63, 3.8) is 0 Å². The average molecular weight is 530 g/mol. The third-order valence-electron chi connectivity index (χ3n) is 6.21. The molecule has 0 atom stereocenters. The van der Waals surface area contributed by atoms with Crippen LogP contribution < -0.4 is 15.8 Å². The van der Waals surface area contributed by atoms with Crippen molar-refractivity contribution in [3.8, 4) is 28.1 Å². The minimum absolute atomic E-state index is 0.0346. The molecule has 0 unspecified atom stereocenters. The number of fused-ring (bicyclic) bond motifs is 1. The summed E-state index contributed by atoms with van der Waals surface area (Å²) >= 11 is 0. The minimum atomic E-state index is -4.52. The Kier molecular flexibility index (Phi) is 6.61. The van der Waals surface area contributed by atoms with Crippen LogP contribution >= 0.6 is 0 Å². The van der Waals surface area contributed by atoms with Crippen LogP contribution in [0.5, 0.6) is 5.75 Å². The number of carbonyl (C=O) groups excluding carboxylic acids is 1. The van der Waals surface area contributed by atoms with Crippen LogP contribution in [0.1, 0.15) is 21.5 Å². The van der Waals surface area contributed by atoms with Crippen molar-refractivity contribution < 1.29 is 22.7 Å². The van der Waals surface area contributed by atoms with Crippen molar-refractivity contribution >= 4 is 28.4 Å². The largest absolute Gasteiger partial charge is 0.495 e. The van der Waals surface area contributed by atoms with Gasteiger partial charge < -0.3 is 15.8 Å². The number of pyridine rings is 1. The number of alkyl halides is 3. The number of methoxy groups -OCH3 is 1. The summed E-state index contributed by atoms with van der Waals surface area (Å²) in [6.07, 6.45) is -1.27. The van der Waals surface area contributed by atoms with Crippen molar-refractivity contribution in [2.45, 2.75) is 13.1 Å². The van der Waals surface area contributed by atoms with Crippen LogP contribution in [0.4, 0.5) is 24.8 Å². The summed E-state index contributed by atoms with van der Waals surface area (Å²) in [5.41, 5.74) is 9.28. The Morgan fingerprint density at radius 2 is 1.79 bits per heavy atom. The van der Waals surface area contributed by atoms with Gasteiger partial charge in [0, 0.05) is 34.6 Å². The number of hydrogen-bond donors (Lipinski definition) is 2. The van der Waals surface area contributed by atoms with E-state index in [1.165, 1.54) is 19.2 Å². The van der Waals surface area contributed by atoms with Crippen LogP contribution in [0.2, 0.25) is 0 Å². The molecule has 2 heterocycles. The van der Waals surface area contributed by atoms with Crippen molar-refractivity contribution in [3.05, 3.63) is 95.8 Å². The molecular formula is C29H22F3N5O2. The summed E-state index contributed by atoms with van der Waals surface area (Å²) in [5, 5.41) is 3.24. The van der Waals surface area contributed by atoms with Gasteiger partial charge in [0.1, 0.15) is 5.75 Å². The monoisotopic (exact) mass is 529 g/mol. The summed E-state index contributed by atoms with van der Waals surface area (Å²) in [5.74, 6) is 0.00755. The van der Waals surface area contributed by atoms with E-state index in [2.05, 4.69) is 20.3 Å². The number of aryl methyl sites for hydroxylation is 1. The topological polar surface area (TPSA) is 103 Å². The van der Waals surface area contributed by atoms with Gasteiger partial charge >= 0.3 is 6.18 Å². The van der Waals surface area contributed by atoms with Crippen molar-refractivity contribution in [2.24, 2.45) is 0 Å². The maximum Gasteiger partial charge on any atom is 0.416 e. The zero-order valence-electron chi connectivity index (χ0n) is 20.9. The lowest BCUT2D eigenvalue weighted by Gasteiger charge is -2.18. The minimum Gasteiger partial charge on any atom is -0.495 e. The fourth-order valence-corrected chi connectivity index (χ4v) is 4.36. The molecule has 0 saturated carbocycles. The molecule has 1 amide bonds. The molecule has 7 nitrogen and oxygen atoms in total. The molecule has 3 N–H and O–H groups in total. The lowest BCUT2D eigenvalue weighted by atomic mass is 9.92. The molecule has 0 aliphatic heterocycles. The van der Waals surface area contributed by atoms with Crippen LogP contribution in [-0.2, 0) is 6.18 Å². The highest BCUT2D eigenvalue weighted by Crippen LogP contribution is 2.44. The Balaban J connectivity index is 1.63. The number of nitrogens with zero attached hydrogens (tertiary/aromatic N) is 3. The fourth-order valence-electron chi connectivity index (χ4n) is 4.36. The van der Waals surface area contributed by atoms with Crippen LogP contribution in [0.3, 0.4) is 0 Å². The zero-order valence-corrected chi connectivity index (χ0v) is 20.9. The Labute approximate surface area is 221 Å². The highest BCUT2D eigenvalue weighted by molar-refractivity contribution is 6.06. The number of nitrogens with one attached hydrogen (secondary N) is 1. The third-order valence-corrected chi connectivity index (χ3v) is 6.21. The lowest BCUT2D eigenvalue weighted by Crippen LogP contribution is -2.13.